The van der Waals surface area contributed by atoms with Crippen LogP contribution in [0.3, 0.4) is 0 Å². The van der Waals surface area contributed by atoms with Crippen molar-refractivity contribution in [3.8, 4) is 0 Å². The van der Waals surface area contributed by atoms with E-state index in [1.807, 2.05) is 0 Å². The van der Waals surface area contributed by atoms with Crippen LogP contribution < -0.4 is 0 Å². The summed E-state index contributed by atoms with van der Waals surface area (Å²) in [7, 11) is 0. The maximum Gasteiger partial charge on any atom is 0.0934 e. The molecule has 1 heterocycles. The van der Waals surface area contributed by atoms with Crippen LogP contribution in [0.25, 0.3) is 0 Å². The van der Waals surface area contributed by atoms with Crippen molar-refractivity contribution in [3.63, 3.8) is 0 Å². The fourth-order valence-electron chi connectivity index (χ4n) is 1.88. The molecular weight excluding hydrogens is 194 g/mol. The number of thiazole rings is 1. The average molecular weight is 211 g/mol. The molecule has 1 unspecified atom stereocenters. The quantitative estimate of drug-likeness (QED) is 0.816. The molecule has 0 aliphatic heterocycles. The summed E-state index contributed by atoms with van der Waals surface area (Å²) in [6.45, 7) is 4.41. The molecule has 0 bridgehead atoms. The van der Waals surface area contributed by atoms with Crippen molar-refractivity contribution in [3.05, 3.63) is 15.6 Å². The molecule has 1 aromatic heterocycles. The molecule has 14 heavy (non-hydrogen) atoms. The van der Waals surface area contributed by atoms with Gasteiger partial charge in [0.1, 0.15) is 0 Å². The second-order valence-corrected chi connectivity index (χ2v) is 5.54. The fourth-order valence-corrected chi connectivity index (χ4v) is 3.23. The number of aromatic nitrogens is 1. The van der Waals surface area contributed by atoms with Crippen LogP contribution in [-0.2, 0) is 12.8 Å². The lowest BCUT2D eigenvalue weighted by Crippen LogP contribution is -2.06. The Morgan fingerprint density at radius 2 is 2.36 bits per heavy atom. The minimum atomic E-state index is -0.239. The molecular formula is C11H17NOS. The lowest BCUT2D eigenvalue weighted by molar-refractivity contribution is 0.160. The molecule has 0 saturated carbocycles. The molecule has 1 N–H and O–H groups in total. The predicted molar refractivity (Wildman–Crippen MR) is 58.6 cm³/mol. The van der Waals surface area contributed by atoms with Crippen LogP contribution >= 0.6 is 11.3 Å². The first-order chi connectivity index (χ1) is 6.66. The van der Waals surface area contributed by atoms with Gasteiger partial charge in [-0.3, -0.25) is 0 Å². The number of hydrogen-bond acceptors (Lipinski definition) is 3. The third-order valence-corrected chi connectivity index (χ3v) is 3.77. The highest BCUT2D eigenvalue weighted by Crippen LogP contribution is 2.34. The molecule has 3 heteroatoms. The van der Waals surface area contributed by atoms with Gasteiger partial charge in [0.25, 0.3) is 0 Å². The van der Waals surface area contributed by atoms with Gasteiger partial charge in [-0.2, -0.15) is 0 Å². The molecule has 2 nitrogen and oxygen atoms in total. The lowest BCUT2D eigenvalue weighted by atomic mass is 10.0. The summed E-state index contributed by atoms with van der Waals surface area (Å²) in [6, 6.07) is 0. The second kappa shape index (κ2) is 3.99. The van der Waals surface area contributed by atoms with E-state index in [1.165, 1.54) is 5.01 Å². The molecule has 0 saturated heterocycles. The lowest BCUT2D eigenvalue weighted by Gasteiger charge is -2.14. The van der Waals surface area contributed by atoms with Gasteiger partial charge in [0, 0.05) is 6.42 Å². The Balaban J connectivity index is 2.21. The van der Waals surface area contributed by atoms with Crippen LogP contribution in [0.2, 0.25) is 0 Å². The Morgan fingerprint density at radius 3 is 3.00 bits per heavy atom. The van der Waals surface area contributed by atoms with Crippen LogP contribution in [0.1, 0.15) is 48.4 Å². The van der Waals surface area contributed by atoms with Crippen molar-refractivity contribution in [2.45, 2.75) is 45.6 Å². The van der Waals surface area contributed by atoms with Crippen LogP contribution in [0, 0.1) is 5.92 Å². The van der Waals surface area contributed by atoms with Gasteiger partial charge in [0.2, 0.25) is 0 Å². The summed E-state index contributed by atoms with van der Waals surface area (Å²) in [4.78, 5) is 5.73. The summed E-state index contributed by atoms with van der Waals surface area (Å²) >= 11 is 1.71. The van der Waals surface area contributed by atoms with E-state index < -0.39 is 0 Å². The summed E-state index contributed by atoms with van der Waals surface area (Å²) in [5.41, 5.74) is 1.16. The largest absolute Gasteiger partial charge is 0.388 e. The summed E-state index contributed by atoms with van der Waals surface area (Å²) in [5.74, 6) is 0.653. The zero-order valence-electron chi connectivity index (χ0n) is 8.79. The summed E-state index contributed by atoms with van der Waals surface area (Å²) < 4.78 is 0. The Kier molecular flexibility index (Phi) is 2.88. The third-order valence-electron chi connectivity index (χ3n) is 2.55. The Bertz CT molecular complexity index is 319. The maximum absolute atomic E-state index is 9.78. The second-order valence-electron chi connectivity index (χ2n) is 4.42. The van der Waals surface area contributed by atoms with Gasteiger partial charge in [0.05, 0.1) is 21.7 Å². The number of aliphatic hydroxyl groups is 1. The summed E-state index contributed by atoms with van der Waals surface area (Å²) in [6.07, 6.45) is 3.86. The molecule has 2 rings (SSSR count). The fraction of sp³-hybridized carbons (Fsp3) is 0.727. The summed E-state index contributed by atoms with van der Waals surface area (Å²) in [5, 5.41) is 11.0. The monoisotopic (exact) mass is 211 g/mol. The normalized spacial score (nSPS) is 21.3. The Morgan fingerprint density at radius 1 is 1.57 bits per heavy atom. The SMILES string of the molecule is CC(C)Cc1nc2c(s1)C(O)CCC2. The van der Waals surface area contributed by atoms with Crippen LogP contribution in [0.5, 0.6) is 0 Å². The van der Waals surface area contributed by atoms with Gasteiger partial charge in [-0.05, 0) is 25.2 Å². The van der Waals surface area contributed by atoms with Gasteiger partial charge >= 0.3 is 0 Å². The molecule has 78 valence electrons. The minimum Gasteiger partial charge on any atom is -0.388 e. The molecule has 0 radical (unpaired) electrons. The first-order valence-electron chi connectivity index (χ1n) is 5.33. The van der Waals surface area contributed by atoms with Crippen molar-refractivity contribution < 1.29 is 5.11 Å². The smallest absolute Gasteiger partial charge is 0.0934 e. The number of hydrogen-bond donors (Lipinski definition) is 1. The highest BCUT2D eigenvalue weighted by molar-refractivity contribution is 7.11. The van der Waals surface area contributed by atoms with Gasteiger partial charge in [-0.25, -0.2) is 4.98 Å². The van der Waals surface area contributed by atoms with Crippen LogP contribution in [0.15, 0.2) is 0 Å². The zero-order chi connectivity index (χ0) is 10.1. The molecule has 0 amide bonds. The number of fused-ring (bicyclic) bond motifs is 1. The van der Waals surface area contributed by atoms with E-state index in [4.69, 9.17) is 0 Å². The van der Waals surface area contributed by atoms with E-state index in [9.17, 15) is 5.11 Å². The molecule has 1 atom stereocenters. The molecule has 1 aliphatic carbocycles. The topological polar surface area (TPSA) is 33.1 Å². The zero-order valence-corrected chi connectivity index (χ0v) is 9.60. The molecule has 0 spiro atoms. The van der Waals surface area contributed by atoms with E-state index in [0.717, 1.165) is 36.3 Å². The first-order valence-corrected chi connectivity index (χ1v) is 6.15. The Hall–Kier alpha value is -0.410. The molecule has 0 fully saturated rings. The standard InChI is InChI=1S/C11H17NOS/c1-7(2)6-10-12-8-4-3-5-9(13)11(8)14-10/h7,9,13H,3-6H2,1-2H3. The number of aliphatic hydroxyl groups excluding tert-OH is 1. The predicted octanol–water partition coefficient (Wildman–Crippen LogP) is 2.71. The van der Waals surface area contributed by atoms with Crippen molar-refractivity contribution in [2.75, 3.05) is 0 Å². The van der Waals surface area contributed by atoms with Crippen molar-refractivity contribution >= 4 is 11.3 Å². The first kappa shape index (κ1) is 10.1. The minimum absolute atomic E-state index is 0.239. The third kappa shape index (κ3) is 1.98. The van der Waals surface area contributed by atoms with Crippen LogP contribution in [-0.4, -0.2) is 10.1 Å². The van der Waals surface area contributed by atoms with E-state index in [2.05, 4.69) is 18.8 Å². The Labute approximate surface area is 89.0 Å². The van der Waals surface area contributed by atoms with E-state index in [1.54, 1.807) is 11.3 Å². The van der Waals surface area contributed by atoms with Gasteiger partial charge < -0.3 is 5.11 Å². The number of nitrogens with zero attached hydrogens (tertiary/aromatic N) is 1. The average Bonchev–Trinajstić information content (AvgIpc) is 2.47. The highest BCUT2D eigenvalue weighted by atomic mass is 32.1. The molecule has 0 aromatic carbocycles. The number of rotatable bonds is 2. The van der Waals surface area contributed by atoms with E-state index in [0.29, 0.717) is 5.92 Å². The number of aryl methyl sites for hydroxylation is 1. The van der Waals surface area contributed by atoms with E-state index >= 15 is 0 Å². The van der Waals surface area contributed by atoms with Crippen molar-refractivity contribution in [1.82, 2.24) is 4.98 Å². The van der Waals surface area contributed by atoms with Gasteiger partial charge in [-0.15, -0.1) is 11.3 Å². The highest BCUT2D eigenvalue weighted by Gasteiger charge is 2.22. The van der Waals surface area contributed by atoms with Crippen LogP contribution in [0.4, 0.5) is 0 Å². The van der Waals surface area contributed by atoms with Gasteiger partial charge in [-0.1, -0.05) is 13.8 Å². The maximum atomic E-state index is 9.78. The van der Waals surface area contributed by atoms with Crippen molar-refractivity contribution in [1.29, 1.82) is 0 Å². The van der Waals surface area contributed by atoms with Crippen molar-refractivity contribution in [2.24, 2.45) is 5.92 Å². The van der Waals surface area contributed by atoms with E-state index in [-0.39, 0.29) is 6.10 Å². The van der Waals surface area contributed by atoms with Gasteiger partial charge in [0.15, 0.2) is 0 Å². The molecule has 1 aliphatic rings. The molecule has 1 aromatic rings.